The molecule has 48 heavy (non-hydrogen) atoms. The van der Waals surface area contributed by atoms with Crippen LogP contribution < -0.4 is 0 Å². The summed E-state index contributed by atoms with van der Waals surface area (Å²) < 4.78 is 31.0. The number of esters is 1. The Morgan fingerprint density at radius 3 is 2.04 bits per heavy atom. The summed E-state index contributed by atoms with van der Waals surface area (Å²) in [6, 6.07) is -0.299. The van der Waals surface area contributed by atoms with Crippen molar-refractivity contribution in [3.63, 3.8) is 0 Å². The Hall–Kier alpha value is -1.26. The Morgan fingerprint density at radius 2 is 1.48 bits per heavy atom. The third kappa shape index (κ3) is 9.34. The molecule has 0 aliphatic carbocycles. The number of hydrogen-bond acceptors (Lipinski definition) is 13. The van der Waals surface area contributed by atoms with Crippen molar-refractivity contribution in [2.75, 3.05) is 14.1 Å². The predicted molar refractivity (Wildman–Crippen MR) is 175 cm³/mol. The molecule has 0 aromatic rings. The lowest BCUT2D eigenvalue weighted by Crippen LogP contribution is -2.58. The van der Waals surface area contributed by atoms with E-state index in [9.17, 15) is 35.1 Å². The van der Waals surface area contributed by atoms with Crippen molar-refractivity contribution >= 4 is 11.8 Å². The average molecular weight is 690 g/mol. The molecule has 3 fully saturated rings. The van der Waals surface area contributed by atoms with Gasteiger partial charge in [-0.25, -0.2) is 0 Å². The average Bonchev–Trinajstić information content (AvgIpc) is 3.01. The number of likely N-dealkylation sites (N-methyl/N-ethyl adjacent to an activating group) is 1. The van der Waals surface area contributed by atoms with E-state index in [1.807, 2.05) is 32.8 Å². The third-order valence-electron chi connectivity index (χ3n) is 11.0. The van der Waals surface area contributed by atoms with E-state index in [1.165, 1.54) is 6.92 Å². The maximum absolute atomic E-state index is 13.9. The van der Waals surface area contributed by atoms with Gasteiger partial charge in [-0.1, -0.05) is 34.6 Å². The molecule has 13 nitrogen and oxygen atoms in total. The van der Waals surface area contributed by atoms with Gasteiger partial charge in [-0.2, -0.15) is 0 Å². The van der Waals surface area contributed by atoms with Gasteiger partial charge in [0.15, 0.2) is 12.6 Å². The first-order chi connectivity index (χ1) is 22.2. The maximum atomic E-state index is 13.9. The molecule has 3 aliphatic rings. The monoisotopic (exact) mass is 689 g/mol. The van der Waals surface area contributed by atoms with Crippen LogP contribution in [-0.2, 0) is 33.3 Å². The standard InChI is InChI=1S/C35H63NO12/c1-12-25-18(4)28(39)19(5)27(38)16(2)13-24(37)31(48-34-29(40)23(36(10)11)14-17(3)44-34)20(6)30(21(7)33(42)46-25)47-26-15-35(9,43)32(41)22(8)45-26/h16-26,28-32,34,37,39-41,43H,12-15H2,1-11H3. The Labute approximate surface area is 286 Å². The zero-order valence-corrected chi connectivity index (χ0v) is 30.7. The fourth-order valence-electron chi connectivity index (χ4n) is 7.70. The van der Waals surface area contributed by atoms with E-state index >= 15 is 0 Å². The second-order valence-electron chi connectivity index (χ2n) is 15.3. The summed E-state index contributed by atoms with van der Waals surface area (Å²) in [7, 11) is 3.70. The van der Waals surface area contributed by atoms with Gasteiger partial charge in [-0.15, -0.1) is 0 Å². The first-order valence-corrected chi connectivity index (χ1v) is 17.7. The number of ketones is 1. The second-order valence-corrected chi connectivity index (χ2v) is 15.3. The highest BCUT2D eigenvalue weighted by molar-refractivity contribution is 5.83. The number of rotatable bonds is 6. The maximum Gasteiger partial charge on any atom is 0.311 e. The summed E-state index contributed by atoms with van der Waals surface area (Å²) in [5.74, 6) is -4.65. The van der Waals surface area contributed by atoms with Crippen molar-refractivity contribution in [3.05, 3.63) is 0 Å². The minimum atomic E-state index is -1.55. The molecule has 0 bridgehead atoms. The van der Waals surface area contributed by atoms with Crippen molar-refractivity contribution in [3.8, 4) is 0 Å². The number of nitrogens with zero attached hydrogens (tertiary/aromatic N) is 1. The van der Waals surface area contributed by atoms with Gasteiger partial charge in [-0.05, 0) is 61.1 Å². The quantitative estimate of drug-likeness (QED) is 0.254. The molecule has 280 valence electrons. The summed E-state index contributed by atoms with van der Waals surface area (Å²) in [4.78, 5) is 29.4. The van der Waals surface area contributed by atoms with Crippen LogP contribution in [0.1, 0.15) is 88.0 Å². The molecular formula is C35H63NO12. The first-order valence-electron chi connectivity index (χ1n) is 17.7. The molecule has 0 radical (unpaired) electrons. The lowest BCUT2D eigenvalue weighted by Gasteiger charge is -2.46. The number of carbonyl (C=O) groups is 2. The van der Waals surface area contributed by atoms with Crippen LogP contribution in [-0.4, -0.2) is 135 Å². The fraction of sp³-hybridized carbons (Fsp3) is 0.943. The molecule has 0 saturated carbocycles. The molecule has 0 amide bonds. The zero-order valence-electron chi connectivity index (χ0n) is 30.7. The topological polar surface area (TPSA) is 185 Å². The van der Waals surface area contributed by atoms with Gasteiger partial charge in [0.1, 0.15) is 24.1 Å². The molecule has 18 unspecified atom stereocenters. The fourth-order valence-corrected chi connectivity index (χ4v) is 7.70. The van der Waals surface area contributed by atoms with Crippen LogP contribution in [0.4, 0.5) is 0 Å². The molecule has 3 saturated heterocycles. The van der Waals surface area contributed by atoms with Crippen molar-refractivity contribution in [1.82, 2.24) is 4.90 Å². The number of ether oxygens (including phenoxy) is 5. The van der Waals surface area contributed by atoms with E-state index in [-0.39, 0.29) is 30.8 Å². The SMILES string of the molecule is CCC1OC(=O)C(C)C(OC2CC(C)(O)C(O)C(C)O2)C(C)C(OC2OC(C)CC(N(C)C)C2O)C(O)CC(C)C(=O)C(C)C(O)C1C. The summed E-state index contributed by atoms with van der Waals surface area (Å²) in [5.41, 5.74) is -1.55. The Bertz CT molecular complexity index is 1060. The first kappa shape index (κ1) is 41.2. The van der Waals surface area contributed by atoms with Gasteiger partial charge >= 0.3 is 5.97 Å². The van der Waals surface area contributed by atoms with E-state index < -0.39 is 103 Å². The van der Waals surface area contributed by atoms with E-state index in [0.717, 1.165) is 0 Å². The summed E-state index contributed by atoms with van der Waals surface area (Å²) >= 11 is 0. The Morgan fingerprint density at radius 1 is 0.854 bits per heavy atom. The number of carbonyl (C=O) groups excluding carboxylic acids is 2. The van der Waals surface area contributed by atoms with Crippen LogP contribution >= 0.6 is 0 Å². The Balaban J connectivity index is 2.09. The summed E-state index contributed by atoms with van der Waals surface area (Å²) in [6.45, 7) is 15.3. The molecule has 3 aliphatic heterocycles. The van der Waals surface area contributed by atoms with E-state index in [0.29, 0.717) is 12.8 Å². The van der Waals surface area contributed by atoms with Crippen molar-refractivity contribution in [2.45, 2.75) is 167 Å². The van der Waals surface area contributed by atoms with E-state index in [2.05, 4.69) is 0 Å². The van der Waals surface area contributed by atoms with Crippen molar-refractivity contribution in [2.24, 2.45) is 29.6 Å². The minimum absolute atomic E-state index is 0.0324. The molecular weight excluding hydrogens is 626 g/mol. The summed E-state index contributed by atoms with van der Waals surface area (Å²) in [5, 5.41) is 55.9. The van der Waals surface area contributed by atoms with Crippen LogP contribution in [0, 0.1) is 29.6 Å². The van der Waals surface area contributed by atoms with Crippen LogP contribution in [0.5, 0.6) is 0 Å². The molecule has 5 N–H and O–H groups in total. The van der Waals surface area contributed by atoms with Gasteiger partial charge in [-0.3, -0.25) is 9.59 Å². The largest absolute Gasteiger partial charge is 0.462 e. The van der Waals surface area contributed by atoms with Crippen LogP contribution in [0.2, 0.25) is 0 Å². The van der Waals surface area contributed by atoms with Crippen LogP contribution in [0.15, 0.2) is 0 Å². The smallest absolute Gasteiger partial charge is 0.311 e. The van der Waals surface area contributed by atoms with Crippen molar-refractivity contribution < 1.29 is 58.8 Å². The number of hydrogen-bond donors (Lipinski definition) is 5. The van der Waals surface area contributed by atoms with E-state index in [1.54, 1.807) is 41.5 Å². The second kappa shape index (κ2) is 16.8. The zero-order chi connectivity index (χ0) is 36.4. The number of aliphatic hydroxyl groups excluding tert-OH is 4. The van der Waals surface area contributed by atoms with Gasteiger partial charge in [0.25, 0.3) is 0 Å². The highest BCUT2D eigenvalue weighted by atomic mass is 16.7. The molecule has 0 aromatic heterocycles. The van der Waals surface area contributed by atoms with Gasteiger partial charge in [0.2, 0.25) is 0 Å². The number of Topliss-reactive ketones (excluding diaryl/α,β-unsaturated/α-hetero) is 1. The third-order valence-corrected chi connectivity index (χ3v) is 11.0. The lowest BCUT2D eigenvalue weighted by molar-refractivity contribution is -0.309. The molecule has 13 heteroatoms. The highest BCUT2D eigenvalue weighted by Gasteiger charge is 2.49. The molecule has 0 aromatic carbocycles. The molecule has 0 spiro atoms. The Kier molecular flexibility index (Phi) is 14.4. The van der Waals surface area contributed by atoms with Gasteiger partial charge in [0.05, 0.1) is 48.1 Å². The van der Waals surface area contributed by atoms with E-state index in [4.69, 9.17) is 23.7 Å². The van der Waals surface area contributed by atoms with Crippen molar-refractivity contribution in [1.29, 1.82) is 0 Å². The molecule has 3 heterocycles. The van der Waals surface area contributed by atoms with Crippen LogP contribution in [0.25, 0.3) is 0 Å². The number of cyclic esters (lactones) is 1. The van der Waals surface area contributed by atoms with Crippen LogP contribution in [0.3, 0.4) is 0 Å². The van der Waals surface area contributed by atoms with Gasteiger partial charge in [0, 0.05) is 36.1 Å². The lowest BCUT2D eigenvalue weighted by atomic mass is 9.79. The van der Waals surface area contributed by atoms with Gasteiger partial charge < -0.3 is 54.1 Å². The number of aliphatic hydroxyl groups is 5. The highest BCUT2D eigenvalue weighted by Crippen LogP contribution is 2.37. The summed E-state index contributed by atoms with van der Waals surface area (Å²) in [6.07, 6.45) is -9.95. The molecule has 3 rings (SSSR count). The minimum Gasteiger partial charge on any atom is -0.462 e. The normalized spacial score (nSPS) is 49.0. The predicted octanol–water partition coefficient (Wildman–Crippen LogP) is 1.63. The molecule has 18 atom stereocenters.